The molecule has 1 saturated carbocycles. The SMILES string of the molecule is NNC(C1CCCCC1)C1CCCCS1. The van der Waals surface area contributed by atoms with Crippen LogP contribution in [0.3, 0.4) is 0 Å². The summed E-state index contributed by atoms with van der Waals surface area (Å²) in [7, 11) is 0. The number of rotatable bonds is 3. The van der Waals surface area contributed by atoms with Crippen molar-refractivity contribution in [2.75, 3.05) is 5.75 Å². The molecule has 1 aliphatic heterocycles. The maximum atomic E-state index is 5.77. The van der Waals surface area contributed by atoms with E-state index in [1.807, 2.05) is 0 Å². The fourth-order valence-corrected chi connectivity index (χ4v) is 4.60. The predicted octanol–water partition coefficient (Wildman–Crippen LogP) is 2.68. The second-order valence-corrected chi connectivity index (χ2v) is 6.34. The summed E-state index contributed by atoms with van der Waals surface area (Å²) in [4.78, 5) is 0. The number of nitrogens with two attached hydrogens (primary N) is 1. The Morgan fingerprint density at radius 2 is 1.73 bits per heavy atom. The van der Waals surface area contributed by atoms with Crippen molar-refractivity contribution in [1.29, 1.82) is 0 Å². The van der Waals surface area contributed by atoms with Crippen LogP contribution in [0.1, 0.15) is 51.4 Å². The normalized spacial score (nSPS) is 31.4. The summed E-state index contributed by atoms with van der Waals surface area (Å²) in [5.74, 6) is 7.96. The van der Waals surface area contributed by atoms with Gasteiger partial charge in [-0.3, -0.25) is 11.3 Å². The molecule has 0 radical (unpaired) electrons. The first-order chi connectivity index (χ1) is 7.42. The molecular weight excluding hydrogens is 204 g/mol. The second-order valence-electron chi connectivity index (χ2n) is 5.00. The molecule has 1 aliphatic carbocycles. The maximum absolute atomic E-state index is 5.77. The van der Waals surface area contributed by atoms with Crippen LogP contribution < -0.4 is 11.3 Å². The molecule has 2 aliphatic rings. The van der Waals surface area contributed by atoms with Gasteiger partial charge in [-0.15, -0.1) is 0 Å². The summed E-state index contributed by atoms with van der Waals surface area (Å²) >= 11 is 2.15. The van der Waals surface area contributed by atoms with Gasteiger partial charge in [0.2, 0.25) is 0 Å². The lowest BCUT2D eigenvalue weighted by molar-refractivity contribution is 0.259. The summed E-state index contributed by atoms with van der Waals surface area (Å²) in [5, 5.41) is 0.784. The smallest absolute Gasteiger partial charge is 0.0357 e. The average molecular weight is 228 g/mol. The minimum Gasteiger partial charge on any atom is -0.271 e. The van der Waals surface area contributed by atoms with Crippen LogP contribution in [0.5, 0.6) is 0 Å². The van der Waals surface area contributed by atoms with Gasteiger partial charge in [0, 0.05) is 11.3 Å². The third-order valence-electron chi connectivity index (χ3n) is 3.97. The molecule has 2 fully saturated rings. The lowest BCUT2D eigenvalue weighted by Crippen LogP contribution is -2.48. The Hall–Kier alpha value is 0.270. The predicted molar refractivity (Wildman–Crippen MR) is 67.8 cm³/mol. The zero-order valence-corrected chi connectivity index (χ0v) is 10.4. The van der Waals surface area contributed by atoms with E-state index < -0.39 is 0 Å². The summed E-state index contributed by atoms with van der Waals surface area (Å²) < 4.78 is 0. The number of hydrogen-bond donors (Lipinski definition) is 2. The minimum absolute atomic E-state index is 0.579. The zero-order chi connectivity index (χ0) is 10.5. The molecule has 2 unspecified atom stereocenters. The molecule has 0 aromatic carbocycles. The molecule has 88 valence electrons. The molecule has 0 aromatic heterocycles. The highest BCUT2D eigenvalue weighted by atomic mass is 32.2. The average Bonchev–Trinajstić information content (AvgIpc) is 2.33. The molecule has 1 heterocycles. The molecular formula is C12H24N2S. The number of hydrazine groups is 1. The van der Waals surface area contributed by atoms with Gasteiger partial charge in [-0.05, 0) is 37.4 Å². The molecule has 0 amide bonds. The number of thioether (sulfide) groups is 1. The summed E-state index contributed by atoms with van der Waals surface area (Å²) in [6, 6.07) is 0.579. The van der Waals surface area contributed by atoms with Crippen LogP contribution in [0.2, 0.25) is 0 Å². The molecule has 0 bridgehead atoms. The van der Waals surface area contributed by atoms with E-state index in [0.717, 1.165) is 11.2 Å². The topological polar surface area (TPSA) is 38.0 Å². The van der Waals surface area contributed by atoms with E-state index in [2.05, 4.69) is 17.2 Å². The first kappa shape index (κ1) is 11.7. The van der Waals surface area contributed by atoms with Crippen molar-refractivity contribution in [3.8, 4) is 0 Å². The van der Waals surface area contributed by atoms with Gasteiger partial charge in [0.1, 0.15) is 0 Å². The molecule has 3 N–H and O–H groups in total. The van der Waals surface area contributed by atoms with Crippen molar-refractivity contribution in [1.82, 2.24) is 5.43 Å². The lowest BCUT2D eigenvalue weighted by atomic mass is 9.82. The highest BCUT2D eigenvalue weighted by Gasteiger charge is 2.30. The monoisotopic (exact) mass is 228 g/mol. The Morgan fingerprint density at radius 3 is 2.33 bits per heavy atom. The van der Waals surface area contributed by atoms with E-state index in [4.69, 9.17) is 5.84 Å². The molecule has 3 heteroatoms. The van der Waals surface area contributed by atoms with E-state index in [1.54, 1.807) is 0 Å². The largest absolute Gasteiger partial charge is 0.271 e. The summed E-state index contributed by atoms with van der Waals surface area (Å²) in [5.41, 5.74) is 3.12. The number of nitrogens with one attached hydrogen (secondary N) is 1. The van der Waals surface area contributed by atoms with Crippen molar-refractivity contribution >= 4 is 11.8 Å². The van der Waals surface area contributed by atoms with Crippen LogP contribution in [0.4, 0.5) is 0 Å². The van der Waals surface area contributed by atoms with Crippen molar-refractivity contribution in [3.05, 3.63) is 0 Å². The summed E-state index contributed by atoms with van der Waals surface area (Å²) in [6.07, 6.45) is 11.2. The Morgan fingerprint density at radius 1 is 1.00 bits per heavy atom. The van der Waals surface area contributed by atoms with Crippen LogP contribution in [0.15, 0.2) is 0 Å². The minimum atomic E-state index is 0.579. The van der Waals surface area contributed by atoms with Gasteiger partial charge in [-0.25, -0.2) is 0 Å². The molecule has 0 aromatic rings. The van der Waals surface area contributed by atoms with Gasteiger partial charge in [0.25, 0.3) is 0 Å². The zero-order valence-electron chi connectivity index (χ0n) is 9.58. The molecule has 1 saturated heterocycles. The van der Waals surface area contributed by atoms with Crippen LogP contribution in [0.25, 0.3) is 0 Å². The molecule has 2 nitrogen and oxygen atoms in total. The van der Waals surface area contributed by atoms with Crippen molar-refractivity contribution in [3.63, 3.8) is 0 Å². The third kappa shape index (κ3) is 3.11. The van der Waals surface area contributed by atoms with Crippen molar-refractivity contribution < 1.29 is 0 Å². The third-order valence-corrected chi connectivity index (χ3v) is 5.45. The first-order valence-corrected chi connectivity index (χ1v) is 7.54. The van der Waals surface area contributed by atoms with Gasteiger partial charge in [-0.2, -0.15) is 11.8 Å². The van der Waals surface area contributed by atoms with Crippen LogP contribution in [0, 0.1) is 5.92 Å². The van der Waals surface area contributed by atoms with Crippen LogP contribution in [-0.4, -0.2) is 17.0 Å². The van der Waals surface area contributed by atoms with Crippen molar-refractivity contribution in [2.24, 2.45) is 11.8 Å². The molecule has 0 spiro atoms. The quantitative estimate of drug-likeness (QED) is 0.576. The molecule has 15 heavy (non-hydrogen) atoms. The fourth-order valence-electron chi connectivity index (χ4n) is 3.09. The summed E-state index contributed by atoms with van der Waals surface area (Å²) in [6.45, 7) is 0. The molecule has 2 rings (SSSR count). The Balaban J connectivity index is 1.88. The first-order valence-electron chi connectivity index (χ1n) is 6.49. The second kappa shape index (κ2) is 6.12. The van der Waals surface area contributed by atoms with Gasteiger partial charge >= 0.3 is 0 Å². The Kier molecular flexibility index (Phi) is 4.79. The van der Waals surface area contributed by atoms with Gasteiger partial charge in [-0.1, -0.05) is 25.7 Å². The van der Waals surface area contributed by atoms with Gasteiger partial charge in [0.15, 0.2) is 0 Å². The van der Waals surface area contributed by atoms with E-state index >= 15 is 0 Å². The van der Waals surface area contributed by atoms with Crippen LogP contribution >= 0.6 is 11.8 Å². The van der Waals surface area contributed by atoms with Gasteiger partial charge in [0.05, 0.1) is 0 Å². The van der Waals surface area contributed by atoms with Crippen molar-refractivity contribution in [2.45, 2.75) is 62.7 Å². The lowest BCUT2D eigenvalue weighted by Gasteiger charge is -2.36. The maximum Gasteiger partial charge on any atom is 0.0357 e. The van der Waals surface area contributed by atoms with Crippen LogP contribution in [-0.2, 0) is 0 Å². The van der Waals surface area contributed by atoms with E-state index in [9.17, 15) is 0 Å². The van der Waals surface area contributed by atoms with E-state index in [0.29, 0.717) is 6.04 Å². The Bertz CT molecular complexity index is 156. The van der Waals surface area contributed by atoms with Gasteiger partial charge < -0.3 is 0 Å². The fraction of sp³-hybridized carbons (Fsp3) is 1.00. The standard InChI is InChI=1S/C12H24N2S/c13-14-12(10-6-2-1-3-7-10)11-8-4-5-9-15-11/h10-12,14H,1-9,13H2. The Labute approximate surface area is 97.7 Å². The van der Waals surface area contributed by atoms with E-state index in [-0.39, 0.29) is 0 Å². The van der Waals surface area contributed by atoms with E-state index in [1.165, 1.54) is 57.1 Å². The number of hydrogen-bond acceptors (Lipinski definition) is 3. The highest BCUT2D eigenvalue weighted by molar-refractivity contribution is 8.00. The highest BCUT2D eigenvalue weighted by Crippen LogP contribution is 2.35. The molecule has 2 atom stereocenters.